The molecule has 0 saturated carbocycles. The van der Waals surface area contributed by atoms with Gasteiger partial charge in [-0.3, -0.25) is 13.9 Å². The molecule has 0 saturated heterocycles. The van der Waals surface area contributed by atoms with Gasteiger partial charge in [-0.25, -0.2) is 8.42 Å². The minimum absolute atomic E-state index is 0.130. The van der Waals surface area contributed by atoms with Gasteiger partial charge in [-0.1, -0.05) is 54.1 Å². The van der Waals surface area contributed by atoms with Crippen molar-refractivity contribution in [1.29, 1.82) is 0 Å². The van der Waals surface area contributed by atoms with E-state index in [-0.39, 0.29) is 24.8 Å². The molecule has 4 rings (SSSR count). The number of rotatable bonds is 8. The molecule has 1 atom stereocenters. The summed E-state index contributed by atoms with van der Waals surface area (Å²) in [5.74, 6) is -0.435. The van der Waals surface area contributed by atoms with Gasteiger partial charge in [-0.2, -0.15) is 0 Å². The number of carbonyl (C=O) groups is 2. The van der Waals surface area contributed by atoms with E-state index in [1.807, 2.05) is 49.4 Å². The van der Waals surface area contributed by atoms with E-state index in [0.717, 1.165) is 21.9 Å². The van der Waals surface area contributed by atoms with Gasteiger partial charge in [0.05, 0.1) is 10.6 Å². The first kappa shape index (κ1) is 23.8. The van der Waals surface area contributed by atoms with E-state index in [1.54, 1.807) is 37.1 Å². The van der Waals surface area contributed by atoms with Crippen molar-refractivity contribution in [3.8, 4) is 0 Å². The first-order valence-electron chi connectivity index (χ1n) is 11.3. The molecule has 0 aliphatic carbocycles. The zero-order valence-corrected chi connectivity index (χ0v) is 20.4. The van der Waals surface area contributed by atoms with Gasteiger partial charge in [0.1, 0.15) is 6.04 Å². The molecule has 0 aromatic heterocycles. The first-order valence-corrected chi connectivity index (χ1v) is 12.8. The van der Waals surface area contributed by atoms with Crippen LogP contribution in [0, 0.1) is 6.92 Å². The summed E-state index contributed by atoms with van der Waals surface area (Å²) in [6, 6.07) is 18.0. The van der Waals surface area contributed by atoms with Crippen LogP contribution in [0.15, 0.2) is 65.6 Å². The van der Waals surface area contributed by atoms with Crippen molar-refractivity contribution in [2.45, 2.75) is 44.2 Å². The highest BCUT2D eigenvalue weighted by Crippen LogP contribution is 2.42. The second-order valence-electron chi connectivity index (χ2n) is 8.61. The smallest absolute Gasteiger partial charge is 0.265 e. The third kappa shape index (κ3) is 4.37. The quantitative estimate of drug-likeness (QED) is 0.535. The summed E-state index contributed by atoms with van der Waals surface area (Å²) in [5, 5.41) is 4.21. The zero-order valence-electron chi connectivity index (χ0n) is 19.6. The summed E-state index contributed by atoms with van der Waals surface area (Å²) in [5.41, 5.74) is 2.66. The van der Waals surface area contributed by atoms with Crippen LogP contribution in [0.1, 0.15) is 30.9 Å². The number of nitrogens with one attached hydrogen (secondary N) is 1. The van der Waals surface area contributed by atoms with Crippen LogP contribution in [0.3, 0.4) is 0 Å². The molecule has 7 nitrogen and oxygen atoms in total. The molecular formula is C26H29N3O4S. The van der Waals surface area contributed by atoms with Crippen LogP contribution in [0.2, 0.25) is 0 Å². The van der Waals surface area contributed by atoms with E-state index >= 15 is 0 Å². The number of anilines is 1. The van der Waals surface area contributed by atoms with Gasteiger partial charge in [-0.05, 0) is 43.4 Å². The molecule has 34 heavy (non-hydrogen) atoms. The molecule has 1 N–H and O–H groups in total. The topological polar surface area (TPSA) is 86.8 Å². The Morgan fingerprint density at radius 3 is 2.47 bits per heavy atom. The number of nitrogens with zero attached hydrogens (tertiary/aromatic N) is 2. The highest BCUT2D eigenvalue weighted by Gasteiger charge is 2.35. The van der Waals surface area contributed by atoms with Crippen LogP contribution in [-0.2, 0) is 26.2 Å². The Balaban J connectivity index is 1.50. The Morgan fingerprint density at radius 2 is 1.76 bits per heavy atom. The van der Waals surface area contributed by atoms with E-state index < -0.39 is 16.1 Å². The maximum absolute atomic E-state index is 13.2. The number of amides is 2. The van der Waals surface area contributed by atoms with Crippen molar-refractivity contribution in [1.82, 2.24) is 10.2 Å². The highest BCUT2D eigenvalue weighted by atomic mass is 32.2. The number of hydrogen-bond donors (Lipinski definition) is 1. The van der Waals surface area contributed by atoms with Gasteiger partial charge >= 0.3 is 0 Å². The van der Waals surface area contributed by atoms with Crippen LogP contribution in [0.4, 0.5) is 5.69 Å². The van der Waals surface area contributed by atoms with Gasteiger partial charge in [0.2, 0.25) is 11.8 Å². The fraction of sp³-hybridized carbons (Fsp3) is 0.308. The van der Waals surface area contributed by atoms with Gasteiger partial charge in [0.15, 0.2) is 0 Å². The molecule has 0 unspecified atom stereocenters. The lowest BCUT2D eigenvalue weighted by Crippen LogP contribution is -2.46. The van der Waals surface area contributed by atoms with E-state index in [9.17, 15) is 18.0 Å². The minimum atomic E-state index is -3.66. The predicted molar refractivity (Wildman–Crippen MR) is 133 cm³/mol. The number of carbonyl (C=O) groups excluding carboxylic acids is 2. The summed E-state index contributed by atoms with van der Waals surface area (Å²) in [7, 11) is -2.11. The molecule has 0 bridgehead atoms. The Kier molecular flexibility index (Phi) is 6.61. The SMILES string of the molecule is CNC(=O)[C@@H](C)N(Cc1cccc(C)c1)C(=O)CCCN1c2cccc3cccc(c23)S1(=O)=O. The van der Waals surface area contributed by atoms with Gasteiger partial charge < -0.3 is 10.2 Å². The Morgan fingerprint density at radius 1 is 1.06 bits per heavy atom. The third-order valence-corrected chi connectivity index (χ3v) is 8.14. The molecule has 3 aromatic carbocycles. The summed E-state index contributed by atoms with van der Waals surface area (Å²) in [6.07, 6.45) is 0.471. The number of benzene rings is 3. The fourth-order valence-corrected chi connectivity index (χ4v) is 6.26. The third-order valence-electron chi connectivity index (χ3n) is 6.28. The molecule has 1 heterocycles. The Bertz CT molecular complexity index is 1350. The average Bonchev–Trinajstić information content (AvgIpc) is 3.04. The summed E-state index contributed by atoms with van der Waals surface area (Å²) in [4.78, 5) is 27.4. The van der Waals surface area contributed by atoms with Crippen molar-refractivity contribution in [3.05, 3.63) is 71.8 Å². The second kappa shape index (κ2) is 9.46. The minimum Gasteiger partial charge on any atom is -0.357 e. The standard InChI is InChI=1S/C26H29N3O4S/c1-18-8-4-9-20(16-18)17-28(19(2)26(31)27-3)24(30)14-7-15-29-22-12-5-10-21-11-6-13-23(25(21)22)34(29,32)33/h4-6,8-13,16,19H,7,14-15,17H2,1-3H3,(H,27,31)/t19-/m1/s1. The van der Waals surface area contributed by atoms with E-state index in [0.29, 0.717) is 23.5 Å². The van der Waals surface area contributed by atoms with E-state index in [1.165, 1.54) is 4.31 Å². The van der Waals surface area contributed by atoms with Crippen LogP contribution in [-0.4, -0.2) is 44.8 Å². The van der Waals surface area contributed by atoms with E-state index in [4.69, 9.17) is 0 Å². The number of sulfonamides is 1. The molecule has 1 aliphatic heterocycles. The molecule has 8 heteroatoms. The predicted octanol–water partition coefficient (Wildman–Crippen LogP) is 3.60. The number of hydrogen-bond acceptors (Lipinski definition) is 4. The fourth-order valence-electron chi connectivity index (χ4n) is 4.52. The van der Waals surface area contributed by atoms with Crippen LogP contribution in [0.25, 0.3) is 10.8 Å². The summed E-state index contributed by atoms with van der Waals surface area (Å²) in [6.45, 7) is 4.18. The lowest BCUT2D eigenvalue weighted by Gasteiger charge is -2.29. The lowest BCUT2D eigenvalue weighted by atomic mass is 10.1. The highest BCUT2D eigenvalue weighted by molar-refractivity contribution is 7.93. The number of aryl methyl sites for hydroxylation is 1. The van der Waals surface area contributed by atoms with Gasteiger partial charge in [0, 0.05) is 31.9 Å². The maximum Gasteiger partial charge on any atom is 0.265 e. The van der Waals surface area contributed by atoms with Crippen molar-refractivity contribution >= 4 is 38.3 Å². The van der Waals surface area contributed by atoms with Crippen LogP contribution >= 0.6 is 0 Å². The molecule has 1 aliphatic rings. The largest absolute Gasteiger partial charge is 0.357 e. The normalized spacial score (nSPS) is 14.7. The summed E-state index contributed by atoms with van der Waals surface area (Å²) >= 11 is 0. The first-order chi connectivity index (χ1) is 16.2. The van der Waals surface area contributed by atoms with Crippen LogP contribution in [0.5, 0.6) is 0 Å². The zero-order chi connectivity index (χ0) is 24.5. The molecule has 0 spiro atoms. The molecule has 178 valence electrons. The van der Waals surface area contributed by atoms with Crippen molar-refractivity contribution in [2.24, 2.45) is 0 Å². The maximum atomic E-state index is 13.2. The number of likely N-dealkylation sites (N-methyl/N-ethyl adjacent to an activating group) is 1. The van der Waals surface area contributed by atoms with Crippen LogP contribution < -0.4 is 9.62 Å². The van der Waals surface area contributed by atoms with E-state index in [2.05, 4.69) is 5.32 Å². The van der Waals surface area contributed by atoms with Gasteiger partial charge in [0.25, 0.3) is 10.0 Å². The second-order valence-corrected chi connectivity index (χ2v) is 10.4. The van der Waals surface area contributed by atoms with Crippen molar-refractivity contribution in [2.75, 3.05) is 17.9 Å². The van der Waals surface area contributed by atoms with Gasteiger partial charge in [-0.15, -0.1) is 0 Å². The molecule has 0 radical (unpaired) electrons. The monoisotopic (exact) mass is 479 g/mol. The molecular weight excluding hydrogens is 450 g/mol. The molecule has 2 amide bonds. The van der Waals surface area contributed by atoms with Crippen molar-refractivity contribution in [3.63, 3.8) is 0 Å². The Hall–Kier alpha value is -3.39. The van der Waals surface area contributed by atoms with Crippen molar-refractivity contribution < 1.29 is 18.0 Å². The molecule has 3 aromatic rings. The Labute approximate surface area is 200 Å². The lowest BCUT2D eigenvalue weighted by molar-refractivity contribution is -0.140. The summed E-state index contributed by atoms with van der Waals surface area (Å²) < 4.78 is 27.7. The molecule has 0 fully saturated rings. The average molecular weight is 480 g/mol.